The Labute approximate surface area is 107 Å². The third-order valence-electron chi connectivity index (χ3n) is 4.42. The van der Waals surface area contributed by atoms with Gasteiger partial charge in [-0.2, -0.15) is 0 Å². The molecule has 17 heavy (non-hydrogen) atoms. The smallest absolute Gasteiger partial charge is 0.00683 e. The van der Waals surface area contributed by atoms with Gasteiger partial charge in [0.05, 0.1) is 0 Å². The Morgan fingerprint density at radius 1 is 1.18 bits per heavy atom. The molecule has 2 fully saturated rings. The molecule has 1 saturated carbocycles. The largest absolute Gasteiger partial charge is 0.314 e. The molecule has 2 heteroatoms. The maximum Gasteiger partial charge on any atom is 0.00683 e. The van der Waals surface area contributed by atoms with E-state index in [2.05, 4.69) is 24.1 Å². The molecule has 2 nitrogen and oxygen atoms in total. The zero-order valence-electron chi connectivity index (χ0n) is 11.8. The first-order valence-electron chi connectivity index (χ1n) is 7.73. The SMILES string of the molecule is CCC1CCCN(CC(C)CNC2CC2)CC1. The first-order chi connectivity index (χ1) is 8.28. The third kappa shape index (κ3) is 4.97. The quantitative estimate of drug-likeness (QED) is 0.765. The summed E-state index contributed by atoms with van der Waals surface area (Å²) in [5.41, 5.74) is 0. The lowest BCUT2D eigenvalue weighted by Crippen LogP contribution is -2.34. The van der Waals surface area contributed by atoms with E-state index >= 15 is 0 Å². The van der Waals surface area contributed by atoms with Crippen LogP contribution in [0.4, 0.5) is 0 Å². The van der Waals surface area contributed by atoms with Crippen molar-refractivity contribution >= 4 is 0 Å². The van der Waals surface area contributed by atoms with Crippen molar-refractivity contribution in [1.29, 1.82) is 0 Å². The van der Waals surface area contributed by atoms with Gasteiger partial charge in [0.2, 0.25) is 0 Å². The molecule has 0 aromatic carbocycles. The van der Waals surface area contributed by atoms with Crippen LogP contribution in [0.3, 0.4) is 0 Å². The molecule has 1 aliphatic heterocycles. The van der Waals surface area contributed by atoms with Crippen LogP contribution in [-0.2, 0) is 0 Å². The maximum atomic E-state index is 3.65. The first kappa shape index (κ1) is 13.4. The van der Waals surface area contributed by atoms with E-state index < -0.39 is 0 Å². The summed E-state index contributed by atoms with van der Waals surface area (Å²) in [6, 6.07) is 0.867. The van der Waals surface area contributed by atoms with E-state index in [0.29, 0.717) is 0 Å². The van der Waals surface area contributed by atoms with Crippen molar-refractivity contribution < 1.29 is 0 Å². The minimum absolute atomic E-state index is 0.814. The molecule has 2 aliphatic rings. The van der Waals surface area contributed by atoms with Gasteiger partial charge in [0, 0.05) is 12.6 Å². The predicted molar refractivity (Wildman–Crippen MR) is 74.3 cm³/mol. The van der Waals surface area contributed by atoms with Crippen molar-refractivity contribution in [3.63, 3.8) is 0 Å². The molecular weight excluding hydrogens is 208 g/mol. The number of nitrogens with zero attached hydrogens (tertiary/aromatic N) is 1. The summed E-state index contributed by atoms with van der Waals surface area (Å²) in [5, 5.41) is 3.65. The average Bonchev–Trinajstić information content (AvgIpc) is 3.14. The first-order valence-corrected chi connectivity index (χ1v) is 7.73. The molecule has 0 bridgehead atoms. The molecule has 100 valence electrons. The van der Waals surface area contributed by atoms with Crippen molar-refractivity contribution in [1.82, 2.24) is 10.2 Å². The molecule has 1 aliphatic carbocycles. The zero-order chi connectivity index (χ0) is 12.1. The van der Waals surface area contributed by atoms with Gasteiger partial charge in [0.25, 0.3) is 0 Å². The van der Waals surface area contributed by atoms with Gasteiger partial charge in [-0.1, -0.05) is 20.3 Å². The molecule has 1 N–H and O–H groups in total. The molecule has 0 aromatic rings. The molecule has 2 rings (SSSR count). The van der Waals surface area contributed by atoms with Gasteiger partial charge in [-0.15, -0.1) is 0 Å². The minimum atomic E-state index is 0.814. The molecule has 1 heterocycles. The lowest BCUT2D eigenvalue weighted by Gasteiger charge is -2.24. The van der Waals surface area contributed by atoms with E-state index in [1.165, 1.54) is 64.7 Å². The second-order valence-corrected chi connectivity index (χ2v) is 6.29. The fourth-order valence-corrected chi connectivity index (χ4v) is 2.98. The highest BCUT2D eigenvalue weighted by Crippen LogP contribution is 2.21. The Kier molecular flexibility index (Phi) is 5.30. The van der Waals surface area contributed by atoms with E-state index in [4.69, 9.17) is 0 Å². The van der Waals surface area contributed by atoms with E-state index in [1.54, 1.807) is 0 Å². The zero-order valence-corrected chi connectivity index (χ0v) is 11.8. The van der Waals surface area contributed by atoms with Crippen molar-refractivity contribution in [2.75, 3.05) is 26.2 Å². The average molecular weight is 238 g/mol. The van der Waals surface area contributed by atoms with Crippen LogP contribution in [0.5, 0.6) is 0 Å². The van der Waals surface area contributed by atoms with Gasteiger partial charge < -0.3 is 10.2 Å². The van der Waals surface area contributed by atoms with Crippen LogP contribution in [0.1, 0.15) is 52.4 Å². The van der Waals surface area contributed by atoms with Crippen molar-refractivity contribution in [2.24, 2.45) is 11.8 Å². The third-order valence-corrected chi connectivity index (χ3v) is 4.42. The monoisotopic (exact) mass is 238 g/mol. The molecule has 1 saturated heterocycles. The highest BCUT2D eigenvalue weighted by Gasteiger charge is 2.22. The van der Waals surface area contributed by atoms with Gasteiger partial charge in [0.15, 0.2) is 0 Å². The number of hydrogen-bond donors (Lipinski definition) is 1. The number of rotatable bonds is 6. The predicted octanol–water partition coefficient (Wildman–Crippen LogP) is 2.89. The molecule has 0 spiro atoms. The fraction of sp³-hybridized carbons (Fsp3) is 1.00. The molecule has 0 amide bonds. The van der Waals surface area contributed by atoms with Crippen LogP contribution in [0.2, 0.25) is 0 Å². The minimum Gasteiger partial charge on any atom is -0.314 e. The Morgan fingerprint density at radius 2 is 2.00 bits per heavy atom. The molecule has 2 atom stereocenters. The summed E-state index contributed by atoms with van der Waals surface area (Å²) >= 11 is 0. The van der Waals surface area contributed by atoms with Crippen molar-refractivity contribution in [3.8, 4) is 0 Å². The second-order valence-electron chi connectivity index (χ2n) is 6.29. The molecule has 2 unspecified atom stereocenters. The molecule has 0 radical (unpaired) electrons. The van der Waals surface area contributed by atoms with Gasteiger partial charge in [0.1, 0.15) is 0 Å². The lowest BCUT2D eigenvalue weighted by atomic mass is 9.98. The molecule has 0 aromatic heterocycles. The summed E-state index contributed by atoms with van der Waals surface area (Å²) < 4.78 is 0. The van der Waals surface area contributed by atoms with E-state index in [9.17, 15) is 0 Å². The second kappa shape index (κ2) is 6.75. The Balaban J connectivity index is 1.62. The summed E-state index contributed by atoms with van der Waals surface area (Å²) in [6.45, 7) is 9.95. The summed E-state index contributed by atoms with van der Waals surface area (Å²) in [4.78, 5) is 2.70. The van der Waals surface area contributed by atoms with Crippen LogP contribution in [-0.4, -0.2) is 37.1 Å². The van der Waals surface area contributed by atoms with Crippen LogP contribution in [0.15, 0.2) is 0 Å². The standard InChI is InChI=1S/C15H30N2/c1-3-14-5-4-9-17(10-8-14)12-13(2)11-16-15-6-7-15/h13-16H,3-12H2,1-2H3. The van der Waals surface area contributed by atoms with Crippen LogP contribution < -0.4 is 5.32 Å². The van der Waals surface area contributed by atoms with E-state index in [1.807, 2.05) is 0 Å². The summed E-state index contributed by atoms with van der Waals surface area (Å²) in [7, 11) is 0. The topological polar surface area (TPSA) is 15.3 Å². The normalized spacial score (nSPS) is 28.9. The highest BCUT2D eigenvalue weighted by atomic mass is 15.1. The van der Waals surface area contributed by atoms with E-state index in [0.717, 1.165) is 17.9 Å². The van der Waals surface area contributed by atoms with Crippen LogP contribution in [0, 0.1) is 11.8 Å². The Bertz CT molecular complexity index is 213. The van der Waals surface area contributed by atoms with Gasteiger partial charge in [-0.3, -0.25) is 0 Å². The van der Waals surface area contributed by atoms with Gasteiger partial charge in [-0.05, 0) is 63.6 Å². The lowest BCUT2D eigenvalue weighted by molar-refractivity contribution is 0.239. The number of likely N-dealkylation sites (tertiary alicyclic amines) is 1. The summed E-state index contributed by atoms with van der Waals surface area (Å²) in [5.74, 6) is 1.81. The maximum absolute atomic E-state index is 3.65. The van der Waals surface area contributed by atoms with Crippen LogP contribution in [0.25, 0.3) is 0 Å². The Morgan fingerprint density at radius 3 is 2.71 bits per heavy atom. The van der Waals surface area contributed by atoms with Gasteiger partial charge in [-0.25, -0.2) is 0 Å². The Hall–Kier alpha value is -0.0800. The fourth-order valence-electron chi connectivity index (χ4n) is 2.98. The van der Waals surface area contributed by atoms with E-state index in [-0.39, 0.29) is 0 Å². The number of hydrogen-bond acceptors (Lipinski definition) is 2. The summed E-state index contributed by atoms with van der Waals surface area (Å²) in [6.07, 6.45) is 8.51. The van der Waals surface area contributed by atoms with Crippen molar-refractivity contribution in [2.45, 2.75) is 58.4 Å². The number of nitrogens with one attached hydrogen (secondary N) is 1. The van der Waals surface area contributed by atoms with Crippen LogP contribution >= 0.6 is 0 Å². The van der Waals surface area contributed by atoms with Gasteiger partial charge >= 0.3 is 0 Å². The molecular formula is C15H30N2. The highest BCUT2D eigenvalue weighted by molar-refractivity contribution is 4.82. The van der Waals surface area contributed by atoms with Crippen molar-refractivity contribution in [3.05, 3.63) is 0 Å².